The zero-order valence-electron chi connectivity index (χ0n) is 10.5. The Balaban J connectivity index is 1.82. The first-order valence-electron chi connectivity index (χ1n) is 6.11. The average molecular weight is 277 g/mol. The summed E-state index contributed by atoms with van der Waals surface area (Å²) in [7, 11) is 1.84. The van der Waals surface area contributed by atoms with Gasteiger partial charge in [0.25, 0.3) is 0 Å². The molecule has 0 saturated heterocycles. The summed E-state index contributed by atoms with van der Waals surface area (Å²) in [4.78, 5) is 15.8. The lowest BCUT2D eigenvalue weighted by atomic mass is 10.1. The van der Waals surface area contributed by atoms with Crippen LogP contribution in [-0.2, 0) is 20.1 Å². The van der Waals surface area contributed by atoms with Crippen LogP contribution in [0.25, 0.3) is 0 Å². The lowest BCUT2D eigenvalue weighted by Crippen LogP contribution is -2.05. The highest BCUT2D eigenvalue weighted by Gasteiger charge is 2.22. The maximum Gasteiger partial charge on any atom is 0.163 e. The topological polar surface area (TPSA) is 44.1 Å². The molecule has 1 aliphatic carbocycles. The van der Waals surface area contributed by atoms with Gasteiger partial charge in [-0.15, -0.1) is 0 Å². The van der Waals surface area contributed by atoms with Crippen LogP contribution in [0.4, 0.5) is 0 Å². The number of benzene rings is 1. The minimum atomic E-state index is 0.195. The minimum absolute atomic E-state index is 0.195. The van der Waals surface area contributed by atoms with Crippen molar-refractivity contribution in [3.8, 4) is 5.75 Å². The van der Waals surface area contributed by atoms with E-state index in [1.807, 2.05) is 25.2 Å². The average Bonchev–Trinajstić information content (AvgIpc) is 2.94. The molecule has 0 spiro atoms. The Kier molecular flexibility index (Phi) is 3.03. The van der Waals surface area contributed by atoms with Crippen molar-refractivity contribution in [2.75, 3.05) is 0 Å². The largest absolute Gasteiger partial charge is 0.485 e. The van der Waals surface area contributed by atoms with Crippen LogP contribution in [0.2, 0.25) is 5.15 Å². The quantitative estimate of drug-likeness (QED) is 0.866. The third-order valence-electron chi connectivity index (χ3n) is 3.42. The number of imidazole rings is 1. The summed E-state index contributed by atoms with van der Waals surface area (Å²) in [6.07, 6.45) is 2.93. The SMILES string of the molecule is Cn1c(Cl)cnc1COc1cccc2c1CCC2=O. The number of hydrogen-bond acceptors (Lipinski definition) is 3. The number of carbonyl (C=O) groups is 1. The lowest BCUT2D eigenvalue weighted by molar-refractivity contribution is 0.0994. The Hall–Kier alpha value is -1.81. The highest BCUT2D eigenvalue weighted by Crippen LogP contribution is 2.30. The summed E-state index contributed by atoms with van der Waals surface area (Å²) in [6.45, 7) is 0.341. The number of nitrogens with zero attached hydrogens (tertiary/aromatic N) is 2. The molecule has 5 heteroatoms. The standard InChI is InChI=1S/C14H13ClN2O2/c1-17-13(15)7-16-14(17)8-19-12-4-2-3-9-10(12)5-6-11(9)18/h2-4,7H,5-6,8H2,1H3. The summed E-state index contributed by atoms with van der Waals surface area (Å²) < 4.78 is 7.56. The van der Waals surface area contributed by atoms with Gasteiger partial charge in [0.2, 0.25) is 0 Å². The molecule has 1 aromatic carbocycles. The molecular formula is C14H13ClN2O2. The second kappa shape index (κ2) is 4.70. The Morgan fingerprint density at radius 1 is 1.42 bits per heavy atom. The molecule has 19 heavy (non-hydrogen) atoms. The molecule has 0 amide bonds. The van der Waals surface area contributed by atoms with E-state index in [1.54, 1.807) is 10.8 Å². The predicted octanol–water partition coefficient (Wildman–Crippen LogP) is 2.78. The molecule has 0 bridgehead atoms. The molecule has 4 nitrogen and oxygen atoms in total. The highest BCUT2D eigenvalue weighted by molar-refractivity contribution is 6.29. The highest BCUT2D eigenvalue weighted by atomic mass is 35.5. The van der Waals surface area contributed by atoms with Crippen molar-refractivity contribution >= 4 is 17.4 Å². The number of hydrogen-bond donors (Lipinski definition) is 0. The number of carbonyl (C=O) groups excluding carboxylic acids is 1. The molecule has 0 radical (unpaired) electrons. The molecule has 0 unspecified atom stereocenters. The van der Waals surface area contributed by atoms with E-state index in [-0.39, 0.29) is 5.78 Å². The van der Waals surface area contributed by atoms with Gasteiger partial charge in [0.05, 0.1) is 6.20 Å². The number of halogens is 1. The fourth-order valence-electron chi connectivity index (χ4n) is 2.29. The summed E-state index contributed by atoms with van der Waals surface area (Å²) >= 11 is 5.92. The van der Waals surface area contributed by atoms with Crippen molar-refractivity contribution in [3.63, 3.8) is 0 Å². The van der Waals surface area contributed by atoms with Crippen LogP contribution in [0, 0.1) is 0 Å². The maximum atomic E-state index is 11.7. The first-order valence-corrected chi connectivity index (χ1v) is 6.48. The van der Waals surface area contributed by atoms with Gasteiger partial charge >= 0.3 is 0 Å². The second-order valence-electron chi connectivity index (χ2n) is 4.55. The van der Waals surface area contributed by atoms with Gasteiger partial charge < -0.3 is 9.30 Å². The first-order chi connectivity index (χ1) is 9.16. The van der Waals surface area contributed by atoms with Crippen LogP contribution in [0.3, 0.4) is 0 Å². The van der Waals surface area contributed by atoms with Crippen LogP contribution >= 0.6 is 11.6 Å². The molecule has 0 N–H and O–H groups in total. The van der Waals surface area contributed by atoms with Crippen molar-refractivity contribution in [3.05, 3.63) is 46.5 Å². The minimum Gasteiger partial charge on any atom is -0.485 e. The summed E-state index contributed by atoms with van der Waals surface area (Å²) in [5.41, 5.74) is 1.79. The van der Waals surface area contributed by atoms with Crippen molar-refractivity contribution < 1.29 is 9.53 Å². The summed E-state index contributed by atoms with van der Waals surface area (Å²) in [6, 6.07) is 5.60. The number of ketones is 1. The smallest absolute Gasteiger partial charge is 0.163 e. The predicted molar refractivity (Wildman–Crippen MR) is 71.6 cm³/mol. The third kappa shape index (κ3) is 2.12. The monoisotopic (exact) mass is 276 g/mol. The number of aromatic nitrogens is 2. The molecule has 98 valence electrons. The second-order valence-corrected chi connectivity index (χ2v) is 4.94. The fraction of sp³-hybridized carbons (Fsp3) is 0.286. The Labute approximate surface area is 116 Å². The summed E-state index contributed by atoms with van der Waals surface area (Å²) in [5, 5.41) is 0.576. The molecule has 1 heterocycles. The van der Waals surface area contributed by atoms with Crippen LogP contribution in [0.5, 0.6) is 5.75 Å². The summed E-state index contributed by atoms with van der Waals surface area (Å²) in [5.74, 6) is 1.72. The molecule has 0 saturated carbocycles. The van der Waals surface area contributed by atoms with Crippen LogP contribution < -0.4 is 4.74 Å². The van der Waals surface area contributed by atoms with Crippen LogP contribution in [-0.4, -0.2) is 15.3 Å². The van der Waals surface area contributed by atoms with Crippen molar-refractivity contribution in [2.45, 2.75) is 19.4 Å². The van der Waals surface area contributed by atoms with Gasteiger partial charge in [0.1, 0.15) is 23.3 Å². The van der Waals surface area contributed by atoms with Crippen molar-refractivity contribution in [1.29, 1.82) is 0 Å². The van der Waals surface area contributed by atoms with E-state index in [9.17, 15) is 4.79 Å². The number of rotatable bonds is 3. The van der Waals surface area contributed by atoms with Gasteiger partial charge in [0.15, 0.2) is 5.78 Å². The number of ether oxygens (including phenoxy) is 1. The molecule has 1 aliphatic rings. The molecule has 0 aliphatic heterocycles. The number of fused-ring (bicyclic) bond motifs is 1. The lowest BCUT2D eigenvalue weighted by Gasteiger charge is -2.10. The zero-order chi connectivity index (χ0) is 13.4. The normalized spacial score (nSPS) is 13.7. The van der Waals surface area contributed by atoms with Gasteiger partial charge in [-0.25, -0.2) is 4.98 Å². The van der Waals surface area contributed by atoms with E-state index in [1.165, 1.54) is 0 Å². The molecule has 0 fully saturated rings. The van der Waals surface area contributed by atoms with Crippen molar-refractivity contribution in [2.24, 2.45) is 7.05 Å². The zero-order valence-corrected chi connectivity index (χ0v) is 11.3. The number of Topliss-reactive ketones (excluding diaryl/α,β-unsaturated/α-hetero) is 1. The van der Waals surface area contributed by atoms with E-state index in [0.717, 1.165) is 29.1 Å². The molecule has 2 aromatic rings. The van der Waals surface area contributed by atoms with Gasteiger partial charge in [-0.05, 0) is 12.5 Å². The van der Waals surface area contributed by atoms with Crippen molar-refractivity contribution in [1.82, 2.24) is 9.55 Å². The van der Waals surface area contributed by atoms with Crippen LogP contribution in [0.15, 0.2) is 24.4 Å². The fourth-order valence-corrected chi connectivity index (χ4v) is 2.44. The van der Waals surface area contributed by atoms with Gasteiger partial charge in [-0.3, -0.25) is 4.79 Å². The van der Waals surface area contributed by atoms with Gasteiger partial charge in [-0.2, -0.15) is 0 Å². The van der Waals surface area contributed by atoms with Crippen LogP contribution in [0.1, 0.15) is 28.2 Å². The maximum absolute atomic E-state index is 11.7. The van der Waals surface area contributed by atoms with E-state index in [0.29, 0.717) is 18.2 Å². The van der Waals surface area contributed by atoms with E-state index >= 15 is 0 Å². The molecule has 3 rings (SSSR count). The third-order valence-corrected chi connectivity index (χ3v) is 3.77. The molecule has 0 atom stereocenters. The van der Waals surface area contributed by atoms with Gasteiger partial charge in [-0.1, -0.05) is 23.7 Å². The Bertz CT molecular complexity index is 649. The van der Waals surface area contributed by atoms with E-state index in [4.69, 9.17) is 16.3 Å². The Morgan fingerprint density at radius 2 is 2.26 bits per heavy atom. The van der Waals surface area contributed by atoms with E-state index in [2.05, 4.69) is 4.98 Å². The molecule has 1 aromatic heterocycles. The first kappa shape index (κ1) is 12.2. The Morgan fingerprint density at radius 3 is 3.00 bits per heavy atom. The van der Waals surface area contributed by atoms with E-state index < -0.39 is 0 Å². The van der Waals surface area contributed by atoms with Gasteiger partial charge in [0, 0.05) is 24.6 Å². The molecular weight excluding hydrogens is 264 g/mol.